The second kappa shape index (κ2) is 5.35. The van der Waals surface area contributed by atoms with E-state index in [1.807, 2.05) is 53.2 Å². The molecular weight excluding hydrogens is 288 g/mol. The molecule has 0 unspecified atom stereocenters. The number of hydrogen-bond donors (Lipinski definition) is 0. The lowest BCUT2D eigenvalue weighted by Crippen LogP contribution is -2.02. The average Bonchev–Trinajstić information content (AvgIpc) is 3.22. The second-order valence-electron chi connectivity index (χ2n) is 5.74. The zero-order valence-electron chi connectivity index (χ0n) is 13.0. The summed E-state index contributed by atoms with van der Waals surface area (Å²) >= 11 is 0. The van der Waals surface area contributed by atoms with Crippen LogP contribution in [-0.2, 0) is 0 Å². The summed E-state index contributed by atoms with van der Waals surface area (Å²) in [6, 6.07) is 16.2. The van der Waals surface area contributed by atoms with Gasteiger partial charge in [-0.05, 0) is 32.0 Å². The third-order valence-corrected chi connectivity index (χ3v) is 3.78. The number of benzene rings is 2. The van der Waals surface area contributed by atoms with Gasteiger partial charge in [-0.15, -0.1) is 5.10 Å². The average molecular weight is 304 g/mol. The molecule has 0 fully saturated rings. The fraction of sp³-hybridized carbons (Fsp3) is 0.167. The molecule has 114 valence electrons. The topological polar surface area (TPSA) is 56.7 Å². The first-order valence-corrected chi connectivity index (χ1v) is 7.58. The molecule has 0 bridgehead atoms. The molecule has 2 heterocycles. The smallest absolute Gasteiger partial charge is 0.226 e. The maximum Gasteiger partial charge on any atom is 0.226 e. The molecule has 0 atom stereocenters. The predicted molar refractivity (Wildman–Crippen MR) is 88.8 cm³/mol. The Morgan fingerprint density at radius 1 is 1.00 bits per heavy atom. The van der Waals surface area contributed by atoms with Gasteiger partial charge in [0, 0.05) is 17.2 Å². The Kier molecular flexibility index (Phi) is 3.19. The SMILES string of the molecule is CC(C)n1nnc2cc(-c3nc(-c4ccccc4)co3)ccc21. The highest BCUT2D eigenvalue weighted by atomic mass is 16.3. The monoisotopic (exact) mass is 304 g/mol. The third kappa shape index (κ3) is 2.40. The molecule has 5 heteroatoms. The summed E-state index contributed by atoms with van der Waals surface area (Å²) in [5.41, 5.74) is 4.62. The zero-order valence-corrected chi connectivity index (χ0v) is 13.0. The maximum absolute atomic E-state index is 5.64. The number of fused-ring (bicyclic) bond motifs is 1. The summed E-state index contributed by atoms with van der Waals surface area (Å²) in [6.45, 7) is 4.17. The van der Waals surface area contributed by atoms with Crippen molar-refractivity contribution < 1.29 is 4.42 Å². The highest BCUT2D eigenvalue weighted by Crippen LogP contribution is 2.27. The van der Waals surface area contributed by atoms with Gasteiger partial charge in [0.1, 0.15) is 17.5 Å². The van der Waals surface area contributed by atoms with Gasteiger partial charge in [-0.25, -0.2) is 9.67 Å². The minimum absolute atomic E-state index is 0.275. The Morgan fingerprint density at radius 3 is 2.61 bits per heavy atom. The number of aromatic nitrogens is 4. The molecule has 0 aliphatic carbocycles. The quantitative estimate of drug-likeness (QED) is 0.565. The Labute approximate surface area is 133 Å². The Hall–Kier alpha value is -2.95. The van der Waals surface area contributed by atoms with Gasteiger partial charge in [0.2, 0.25) is 5.89 Å². The van der Waals surface area contributed by atoms with E-state index in [1.165, 1.54) is 0 Å². The van der Waals surface area contributed by atoms with Gasteiger partial charge in [0.05, 0.1) is 5.52 Å². The van der Waals surface area contributed by atoms with Crippen molar-refractivity contribution in [1.82, 2.24) is 20.0 Å². The van der Waals surface area contributed by atoms with Crippen molar-refractivity contribution >= 4 is 11.0 Å². The molecule has 5 nitrogen and oxygen atoms in total. The minimum atomic E-state index is 0.275. The van der Waals surface area contributed by atoms with Crippen molar-refractivity contribution in [3.05, 3.63) is 54.8 Å². The Balaban J connectivity index is 1.74. The van der Waals surface area contributed by atoms with Crippen molar-refractivity contribution in [1.29, 1.82) is 0 Å². The first-order chi connectivity index (χ1) is 11.2. The predicted octanol–water partition coefficient (Wildman–Crippen LogP) is 4.33. The molecule has 0 amide bonds. The summed E-state index contributed by atoms with van der Waals surface area (Å²) in [6.07, 6.45) is 1.68. The molecule has 0 N–H and O–H groups in total. The fourth-order valence-corrected chi connectivity index (χ4v) is 2.60. The standard InChI is InChI=1S/C18H16N4O/c1-12(2)22-17-9-8-14(10-15(17)20-21-22)18-19-16(11-23-18)13-6-4-3-5-7-13/h3-12H,1-2H3. The van der Waals surface area contributed by atoms with Crippen LogP contribution in [0.25, 0.3) is 33.7 Å². The molecule has 0 saturated carbocycles. The van der Waals surface area contributed by atoms with Crippen LogP contribution in [0, 0.1) is 0 Å². The third-order valence-electron chi connectivity index (χ3n) is 3.78. The van der Waals surface area contributed by atoms with E-state index in [0.717, 1.165) is 27.9 Å². The van der Waals surface area contributed by atoms with E-state index in [-0.39, 0.29) is 6.04 Å². The highest BCUT2D eigenvalue weighted by molar-refractivity contribution is 5.80. The van der Waals surface area contributed by atoms with Gasteiger partial charge in [-0.3, -0.25) is 0 Å². The van der Waals surface area contributed by atoms with Crippen LogP contribution in [0.5, 0.6) is 0 Å². The fourth-order valence-electron chi connectivity index (χ4n) is 2.60. The lowest BCUT2D eigenvalue weighted by atomic mass is 10.1. The van der Waals surface area contributed by atoms with Gasteiger partial charge in [0.15, 0.2) is 0 Å². The Bertz CT molecular complexity index is 953. The molecule has 4 aromatic rings. The lowest BCUT2D eigenvalue weighted by molar-refractivity contribution is 0.530. The summed E-state index contributed by atoms with van der Waals surface area (Å²) in [7, 11) is 0. The van der Waals surface area contributed by atoms with Gasteiger partial charge >= 0.3 is 0 Å². The minimum Gasteiger partial charge on any atom is -0.444 e. The van der Waals surface area contributed by atoms with Gasteiger partial charge in [0.25, 0.3) is 0 Å². The molecular formula is C18H16N4O. The number of nitrogens with zero attached hydrogens (tertiary/aromatic N) is 4. The van der Waals surface area contributed by atoms with E-state index >= 15 is 0 Å². The number of rotatable bonds is 3. The van der Waals surface area contributed by atoms with Gasteiger partial charge < -0.3 is 4.42 Å². The summed E-state index contributed by atoms with van der Waals surface area (Å²) < 4.78 is 7.55. The molecule has 0 saturated heterocycles. The van der Waals surface area contributed by atoms with Crippen molar-refractivity contribution in [3.8, 4) is 22.7 Å². The van der Waals surface area contributed by atoms with E-state index in [0.29, 0.717) is 5.89 Å². The largest absolute Gasteiger partial charge is 0.444 e. The van der Waals surface area contributed by atoms with Crippen LogP contribution in [0.2, 0.25) is 0 Å². The molecule has 0 aliphatic heterocycles. The molecule has 4 rings (SSSR count). The van der Waals surface area contributed by atoms with E-state index in [4.69, 9.17) is 4.42 Å². The second-order valence-corrected chi connectivity index (χ2v) is 5.74. The van der Waals surface area contributed by atoms with E-state index in [9.17, 15) is 0 Å². The van der Waals surface area contributed by atoms with Crippen LogP contribution in [0.4, 0.5) is 0 Å². The van der Waals surface area contributed by atoms with Crippen molar-refractivity contribution in [3.63, 3.8) is 0 Å². The first-order valence-electron chi connectivity index (χ1n) is 7.58. The normalized spacial score (nSPS) is 11.4. The van der Waals surface area contributed by atoms with Crippen LogP contribution in [0.15, 0.2) is 59.2 Å². The van der Waals surface area contributed by atoms with E-state index < -0.39 is 0 Å². The Morgan fingerprint density at radius 2 is 1.83 bits per heavy atom. The van der Waals surface area contributed by atoms with Gasteiger partial charge in [-0.1, -0.05) is 35.5 Å². The molecule has 0 radical (unpaired) electrons. The van der Waals surface area contributed by atoms with Crippen LogP contribution in [0.3, 0.4) is 0 Å². The first kappa shape index (κ1) is 13.7. The van der Waals surface area contributed by atoms with Crippen LogP contribution in [0.1, 0.15) is 19.9 Å². The van der Waals surface area contributed by atoms with E-state index in [1.54, 1.807) is 6.26 Å². The number of oxazole rings is 1. The van der Waals surface area contributed by atoms with Crippen molar-refractivity contribution in [2.24, 2.45) is 0 Å². The van der Waals surface area contributed by atoms with Crippen LogP contribution >= 0.6 is 0 Å². The molecule has 2 aromatic carbocycles. The number of hydrogen-bond acceptors (Lipinski definition) is 4. The van der Waals surface area contributed by atoms with Gasteiger partial charge in [-0.2, -0.15) is 0 Å². The maximum atomic E-state index is 5.64. The van der Waals surface area contributed by atoms with Crippen LogP contribution < -0.4 is 0 Å². The summed E-state index contributed by atoms with van der Waals surface area (Å²) in [5.74, 6) is 0.588. The molecule has 2 aromatic heterocycles. The summed E-state index contributed by atoms with van der Waals surface area (Å²) in [5, 5.41) is 8.43. The zero-order chi connectivity index (χ0) is 15.8. The van der Waals surface area contributed by atoms with Crippen molar-refractivity contribution in [2.75, 3.05) is 0 Å². The van der Waals surface area contributed by atoms with Crippen molar-refractivity contribution in [2.45, 2.75) is 19.9 Å². The lowest BCUT2D eigenvalue weighted by Gasteiger charge is -2.05. The van der Waals surface area contributed by atoms with E-state index in [2.05, 4.69) is 29.1 Å². The molecule has 23 heavy (non-hydrogen) atoms. The highest BCUT2D eigenvalue weighted by Gasteiger charge is 2.12. The molecule has 0 spiro atoms. The molecule has 0 aliphatic rings. The van der Waals surface area contributed by atoms with Crippen LogP contribution in [-0.4, -0.2) is 20.0 Å². The summed E-state index contributed by atoms with van der Waals surface area (Å²) in [4.78, 5) is 4.58.